The fourth-order valence-corrected chi connectivity index (χ4v) is 11.2. The van der Waals surface area contributed by atoms with E-state index in [1.54, 1.807) is 7.11 Å². The first kappa shape index (κ1) is 33.3. The van der Waals surface area contributed by atoms with E-state index in [1.165, 1.54) is 45.3 Å². The second-order valence-corrected chi connectivity index (χ2v) is 17.6. The summed E-state index contributed by atoms with van der Waals surface area (Å²) in [6.45, 7) is 16.0. The van der Waals surface area contributed by atoms with Crippen LogP contribution in [0.5, 0.6) is 11.5 Å². The van der Waals surface area contributed by atoms with Gasteiger partial charge < -0.3 is 19.1 Å². The van der Waals surface area contributed by atoms with Crippen LogP contribution in [0.3, 0.4) is 0 Å². The number of benzene rings is 5. The molecule has 2 aliphatic carbocycles. The number of ether oxygens (including phenoxy) is 3. The minimum Gasteiger partial charge on any atom is -0.497 e. The summed E-state index contributed by atoms with van der Waals surface area (Å²) in [6, 6.07) is 35.6. The summed E-state index contributed by atoms with van der Waals surface area (Å²) in [6.07, 6.45) is 8.53. The Morgan fingerprint density at radius 1 is 0.712 bits per heavy atom. The molecule has 266 valence electrons. The molecule has 3 unspecified atom stereocenters. The Morgan fingerprint density at radius 2 is 1.37 bits per heavy atom. The van der Waals surface area contributed by atoms with Crippen molar-refractivity contribution in [2.24, 2.45) is 10.8 Å². The van der Waals surface area contributed by atoms with E-state index in [2.05, 4.69) is 156 Å². The highest BCUT2D eigenvalue weighted by Crippen LogP contribution is 2.67. The van der Waals surface area contributed by atoms with Crippen molar-refractivity contribution in [1.29, 1.82) is 0 Å². The van der Waals surface area contributed by atoms with Gasteiger partial charge in [-0.25, -0.2) is 0 Å². The van der Waals surface area contributed by atoms with Crippen molar-refractivity contribution in [3.8, 4) is 22.6 Å². The average Bonchev–Trinajstić information content (AvgIpc) is 3.38. The van der Waals surface area contributed by atoms with Crippen molar-refractivity contribution in [2.45, 2.75) is 84.0 Å². The van der Waals surface area contributed by atoms with Crippen molar-refractivity contribution in [3.05, 3.63) is 131 Å². The van der Waals surface area contributed by atoms with Crippen molar-refractivity contribution in [2.75, 3.05) is 25.1 Å². The van der Waals surface area contributed by atoms with Crippen molar-refractivity contribution in [3.63, 3.8) is 0 Å². The lowest BCUT2D eigenvalue weighted by Gasteiger charge is -2.52. The molecule has 1 saturated heterocycles. The van der Waals surface area contributed by atoms with E-state index in [1.807, 2.05) is 0 Å². The van der Waals surface area contributed by atoms with E-state index in [-0.39, 0.29) is 28.5 Å². The first-order valence-electron chi connectivity index (χ1n) is 19.1. The van der Waals surface area contributed by atoms with Gasteiger partial charge in [-0.1, -0.05) is 101 Å². The van der Waals surface area contributed by atoms with Gasteiger partial charge in [-0.05, 0) is 108 Å². The highest BCUT2D eigenvalue weighted by molar-refractivity contribution is 6.09. The van der Waals surface area contributed by atoms with Crippen LogP contribution in [0.2, 0.25) is 0 Å². The summed E-state index contributed by atoms with van der Waals surface area (Å²) < 4.78 is 19.6. The average molecular weight is 690 g/mol. The van der Waals surface area contributed by atoms with Gasteiger partial charge in [-0.15, -0.1) is 0 Å². The fourth-order valence-electron chi connectivity index (χ4n) is 11.2. The number of nitrogens with zero attached hydrogens (tertiary/aromatic N) is 1. The summed E-state index contributed by atoms with van der Waals surface area (Å²) in [5.74, 6) is 1.77. The zero-order valence-corrected chi connectivity index (χ0v) is 31.8. The SMILES string of the molecule is COc1ccc2c3c(c4c(c2c1)OC(c1ccccc1)(c1ccc(N2CC(C)OC(C)C2)cc1)C=C4)C1(CC(C)(C)CC(C)(C)C1)c1ccccc1-3. The Kier molecular flexibility index (Phi) is 7.52. The zero-order valence-electron chi connectivity index (χ0n) is 31.8. The largest absolute Gasteiger partial charge is 0.497 e. The molecule has 5 aromatic carbocycles. The summed E-state index contributed by atoms with van der Waals surface area (Å²) in [4.78, 5) is 2.44. The summed E-state index contributed by atoms with van der Waals surface area (Å²) in [5, 5.41) is 2.31. The quantitative estimate of drug-likeness (QED) is 0.188. The van der Waals surface area contributed by atoms with E-state index in [0.29, 0.717) is 0 Å². The molecule has 0 amide bonds. The Balaban J connectivity index is 1.29. The number of morpholine rings is 1. The van der Waals surface area contributed by atoms with Gasteiger partial charge in [-0.3, -0.25) is 0 Å². The molecule has 4 aliphatic rings. The van der Waals surface area contributed by atoms with Gasteiger partial charge in [-0.2, -0.15) is 0 Å². The first-order valence-corrected chi connectivity index (χ1v) is 19.1. The molecular weight excluding hydrogens is 639 g/mol. The molecule has 3 atom stereocenters. The lowest BCUT2D eigenvalue weighted by molar-refractivity contribution is -0.00522. The maximum Gasteiger partial charge on any atom is 0.178 e. The van der Waals surface area contributed by atoms with Gasteiger partial charge in [0, 0.05) is 46.3 Å². The molecule has 4 nitrogen and oxygen atoms in total. The minimum atomic E-state index is -0.827. The third-order valence-corrected chi connectivity index (χ3v) is 12.2. The van der Waals surface area contributed by atoms with Crippen LogP contribution in [0.25, 0.3) is 28.0 Å². The number of fused-ring (bicyclic) bond motifs is 10. The van der Waals surface area contributed by atoms with Gasteiger partial charge in [0.2, 0.25) is 0 Å². The van der Waals surface area contributed by atoms with Crippen molar-refractivity contribution >= 4 is 22.5 Å². The summed E-state index contributed by atoms with van der Waals surface area (Å²) in [7, 11) is 1.75. The number of hydrogen-bond donors (Lipinski definition) is 0. The predicted molar refractivity (Wildman–Crippen MR) is 214 cm³/mol. The maximum absolute atomic E-state index is 7.71. The van der Waals surface area contributed by atoms with Gasteiger partial charge in [0.15, 0.2) is 5.60 Å². The number of rotatable bonds is 4. The molecule has 5 aromatic rings. The van der Waals surface area contributed by atoms with Gasteiger partial charge in [0.1, 0.15) is 11.5 Å². The molecular formula is C48H51NO3. The lowest BCUT2D eigenvalue weighted by atomic mass is 9.52. The lowest BCUT2D eigenvalue weighted by Crippen LogP contribution is -2.45. The van der Waals surface area contributed by atoms with E-state index in [4.69, 9.17) is 14.2 Å². The van der Waals surface area contributed by atoms with Crippen LogP contribution >= 0.6 is 0 Å². The molecule has 2 aliphatic heterocycles. The third-order valence-electron chi connectivity index (χ3n) is 12.2. The van der Waals surface area contributed by atoms with Gasteiger partial charge >= 0.3 is 0 Å². The number of methoxy groups -OCH3 is 1. The first-order chi connectivity index (χ1) is 24.9. The molecule has 9 rings (SSSR count). The molecule has 1 spiro atoms. The second-order valence-electron chi connectivity index (χ2n) is 17.6. The molecule has 0 radical (unpaired) electrons. The normalized spacial score (nSPS) is 24.9. The topological polar surface area (TPSA) is 30.9 Å². The van der Waals surface area contributed by atoms with E-state index < -0.39 is 5.60 Å². The minimum absolute atomic E-state index is 0.135. The van der Waals surface area contributed by atoms with Crippen LogP contribution in [0.4, 0.5) is 5.69 Å². The highest BCUT2D eigenvalue weighted by Gasteiger charge is 2.55. The monoisotopic (exact) mass is 689 g/mol. The van der Waals surface area contributed by atoms with E-state index >= 15 is 0 Å². The smallest absolute Gasteiger partial charge is 0.178 e. The molecule has 0 aromatic heterocycles. The van der Waals surface area contributed by atoms with Crippen LogP contribution in [0.15, 0.2) is 103 Å². The van der Waals surface area contributed by atoms with Gasteiger partial charge in [0.05, 0.1) is 19.3 Å². The zero-order chi connectivity index (χ0) is 36.0. The molecule has 0 N–H and O–H groups in total. The van der Waals surface area contributed by atoms with E-state index in [9.17, 15) is 0 Å². The summed E-state index contributed by atoms with van der Waals surface area (Å²) in [5.41, 5.74) is 9.63. The molecule has 52 heavy (non-hydrogen) atoms. The Bertz CT molecular complexity index is 2190. The Hall–Kier alpha value is -4.54. The molecule has 2 fully saturated rings. The Morgan fingerprint density at radius 3 is 2.06 bits per heavy atom. The molecule has 1 saturated carbocycles. The standard InChI is InChI=1S/C48H51NO3/c1-31-26-49(27-32(2)51-31)35-19-17-34(18-20-35)48(33-13-9-8-10-14-33)24-23-39-43-42(37-22-21-36(50-7)25-40(37)44(39)52-48)38-15-11-12-16-41(38)47(43)29-45(3,4)28-46(5,6)30-47/h8-25,31-32H,26-30H2,1-7H3. The second kappa shape index (κ2) is 11.7. The van der Waals surface area contributed by atoms with Gasteiger partial charge in [0.25, 0.3) is 0 Å². The molecule has 4 heteroatoms. The van der Waals surface area contributed by atoms with Crippen molar-refractivity contribution in [1.82, 2.24) is 0 Å². The van der Waals surface area contributed by atoms with Crippen LogP contribution < -0.4 is 14.4 Å². The van der Waals surface area contributed by atoms with Crippen LogP contribution in [-0.2, 0) is 15.8 Å². The summed E-state index contributed by atoms with van der Waals surface area (Å²) >= 11 is 0. The predicted octanol–water partition coefficient (Wildman–Crippen LogP) is 11.3. The molecule has 0 bridgehead atoms. The van der Waals surface area contributed by atoms with Crippen LogP contribution in [0, 0.1) is 10.8 Å². The van der Waals surface area contributed by atoms with Crippen LogP contribution in [-0.4, -0.2) is 32.4 Å². The van der Waals surface area contributed by atoms with Crippen LogP contribution in [0.1, 0.15) is 88.6 Å². The van der Waals surface area contributed by atoms with Crippen molar-refractivity contribution < 1.29 is 14.2 Å². The number of anilines is 1. The number of hydrogen-bond acceptors (Lipinski definition) is 4. The maximum atomic E-state index is 7.71. The molecule has 2 heterocycles. The third kappa shape index (κ3) is 5.12. The van der Waals surface area contributed by atoms with E-state index in [0.717, 1.165) is 53.9 Å². The Labute approximate surface area is 309 Å². The highest BCUT2D eigenvalue weighted by atomic mass is 16.5. The fraction of sp³-hybridized carbons (Fsp3) is 0.375.